The van der Waals surface area contributed by atoms with Gasteiger partial charge < -0.3 is 10.6 Å². The van der Waals surface area contributed by atoms with Crippen molar-refractivity contribution in [3.63, 3.8) is 0 Å². The van der Waals surface area contributed by atoms with Gasteiger partial charge in [-0.3, -0.25) is 0 Å². The van der Waals surface area contributed by atoms with Crippen LogP contribution in [0.4, 0.5) is 16.2 Å². The van der Waals surface area contributed by atoms with Gasteiger partial charge >= 0.3 is 6.03 Å². The van der Waals surface area contributed by atoms with Crippen molar-refractivity contribution in [1.82, 2.24) is 4.72 Å². The van der Waals surface area contributed by atoms with Crippen LogP contribution in [-0.2, 0) is 10.0 Å². The largest absolute Gasteiger partial charge is 0.323 e. The molecule has 0 aromatic heterocycles. The van der Waals surface area contributed by atoms with Crippen LogP contribution in [0.25, 0.3) is 0 Å². The third kappa shape index (κ3) is 5.69. The second kappa shape index (κ2) is 8.73. The van der Waals surface area contributed by atoms with E-state index in [0.717, 1.165) is 32.1 Å². The Morgan fingerprint density at radius 1 is 0.852 bits per heavy atom. The second-order valence-corrected chi connectivity index (χ2v) is 8.72. The first-order valence-electron chi connectivity index (χ1n) is 8.88. The summed E-state index contributed by atoms with van der Waals surface area (Å²) in [6.45, 7) is 0. The number of hydrogen-bond donors (Lipinski definition) is 3. The van der Waals surface area contributed by atoms with Crippen LogP contribution in [0.3, 0.4) is 0 Å². The van der Waals surface area contributed by atoms with E-state index in [1.165, 1.54) is 12.1 Å². The topological polar surface area (TPSA) is 87.3 Å². The van der Waals surface area contributed by atoms with Crippen molar-refractivity contribution in [2.24, 2.45) is 0 Å². The minimum Gasteiger partial charge on any atom is -0.308 e. The van der Waals surface area contributed by atoms with Gasteiger partial charge in [0.15, 0.2) is 0 Å². The van der Waals surface area contributed by atoms with Crippen molar-refractivity contribution in [3.05, 3.63) is 53.6 Å². The first kappa shape index (κ1) is 19.7. The van der Waals surface area contributed by atoms with Crippen molar-refractivity contribution < 1.29 is 13.2 Å². The van der Waals surface area contributed by atoms with Gasteiger partial charge in [0.2, 0.25) is 10.0 Å². The zero-order valence-corrected chi connectivity index (χ0v) is 16.3. The Morgan fingerprint density at radius 2 is 1.37 bits per heavy atom. The van der Waals surface area contributed by atoms with Crippen LogP contribution >= 0.6 is 11.6 Å². The van der Waals surface area contributed by atoms with Crippen LogP contribution in [0.1, 0.15) is 32.1 Å². The molecule has 2 aromatic carbocycles. The quantitative estimate of drug-likeness (QED) is 0.677. The molecular weight excluding hydrogens is 386 g/mol. The third-order valence-corrected chi connectivity index (χ3v) is 6.24. The van der Waals surface area contributed by atoms with E-state index < -0.39 is 16.1 Å². The highest BCUT2D eigenvalue weighted by molar-refractivity contribution is 7.89. The first-order chi connectivity index (χ1) is 12.9. The number of nitrogens with one attached hydrogen (secondary N) is 3. The Morgan fingerprint density at radius 3 is 1.93 bits per heavy atom. The van der Waals surface area contributed by atoms with E-state index in [1.807, 2.05) is 0 Å². The van der Waals surface area contributed by atoms with Gasteiger partial charge in [-0.2, -0.15) is 0 Å². The number of hydrogen-bond acceptors (Lipinski definition) is 3. The Hall–Kier alpha value is -2.09. The Kier molecular flexibility index (Phi) is 6.36. The molecule has 0 radical (unpaired) electrons. The Bertz CT molecular complexity index is 877. The highest BCUT2D eigenvalue weighted by atomic mass is 35.5. The average Bonchev–Trinajstić information content (AvgIpc) is 2.64. The molecule has 2 amide bonds. The van der Waals surface area contributed by atoms with Crippen LogP contribution in [0.15, 0.2) is 53.4 Å². The molecule has 0 atom stereocenters. The fourth-order valence-electron chi connectivity index (χ4n) is 3.05. The summed E-state index contributed by atoms with van der Waals surface area (Å²) in [4.78, 5) is 12.2. The summed E-state index contributed by atoms with van der Waals surface area (Å²) in [5.74, 6) is 0. The van der Waals surface area contributed by atoms with E-state index in [1.54, 1.807) is 36.4 Å². The molecule has 0 heterocycles. The normalized spacial score (nSPS) is 15.3. The molecule has 1 aliphatic rings. The lowest BCUT2D eigenvalue weighted by atomic mass is 9.96. The fraction of sp³-hybridized carbons (Fsp3) is 0.316. The third-order valence-electron chi connectivity index (χ3n) is 4.45. The highest BCUT2D eigenvalue weighted by Gasteiger charge is 2.21. The molecule has 2 aromatic rings. The maximum Gasteiger partial charge on any atom is 0.323 e. The lowest BCUT2D eigenvalue weighted by molar-refractivity contribution is 0.262. The second-order valence-electron chi connectivity index (χ2n) is 6.57. The summed E-state index contributed by atoms with van der Waals surface area (Å²) < 4.78 is 27.7. The molecule has 1 saturated carbocycles. The number of rotatable bonds is 5. The highest BCUT2D eigenvalue weighted by Crippen LogP contribution is 2.21. The molecule has 27 heavy (non-hydrogen) atoms. The van der Waals surface area contributed by atoms with Crippen LogP contribution < -0.4 is 15.4 Å². The number of halogens is 1. The minimum atomic E-state index is -3.55. The van der Waals surface area contributed by atoms with E-state index in [2.05, 4.69) is 15.4 Å². The van der Waals surface area contributed by atoms with E-state index in [4.69, 9.17) is 11.6 Å². The maximum absolute atomic E-state index is 12.5. The number of carbonyl (C=O) groups excluding carboxylic acids is 1. The fourth-order valence-corrected chi connectivity index (χ4v) is 4.48. The van der Waals surface area contributed by atoms with Crippen LogP contribution in [-0.4, -0.2) is 20.5 Å². The monoisotopic (exact) mass is 407 g/mol. The van der Waals surface area contributed by atoms with Crippen molar-refractivity contribution >= 4 is 39.0 Å². The number of urea groups is 1. The molecule has 1 fully saturated rings. The molecule has 144 valence electrons. The lowest BCUT2D eigenvalue weighted by Gasteiger charge is -2.22. The van der Waals surface area contributed by atoms with Crippen molar-refractivity contribution in [1.29, 1.82) is 0 Å². The zero-order valence-electron chi connectivity index (χ0n) is 14.7. The average molecular weight is 408 g/mol. The predicted octanol–water partition coefficient (Wildman–Crippen LogP) is 4.60. The van der Waals surface area contributed by atoms with Gasteiger partial charge in [-0.15, -0.1) is 0 Å². The van der Waals surface area contributed by atoms with E-state index >= 15 is 0 Å². The first-order valence-corrected chi connectivity index (χ1v) is 10.7. The van der Waals surface area contributed by atoms with E-state index in [0.29, 0.717) is 16.4 Å². The van der Waals surface area contributed by atoms with E-state index in [9.17, 15) is 13.2 Å². The molecule has 0 bridgehead atoms. The summed E-state index contributed by atoms with van der Waals surface area (Å²) in [7, 11) is -3.55. The molecule has 0 aliphatic heterocycles. The van der Waals surface area contributed by atoms with Gasteiger partial charge in [0.05, 0.1) is 4.90 Å². The number of amides is 2. The summed E-state index contributed by atoms with van der Waals surface area (Å²) in [5.41, 5.74) is 1.10. The van der Waals surface area contributed by atoms with Gasteiger partial charge in [0.1, 0.15) is 0 Å². The summed E-state index contributed by atoms with van der Waals surface area (Å²) in [5, 5.41) is 5.93. The van der Waals surface area contributed by atoms with Crippen LogP contribution in [0.5, 0.6) is 0 Å². The summed E-state index contributed by atoms with van der Waals surface area (Å²) in [6, 6.07) is 12.4. The standard InChI is InChI=1S/C19H22ClN3O3S/c20-14-6-8-15(9-7-14)21-19(24)22-16-10-12-18(13-11-16)27(25,26)23-17-4-2-1-3-5-17/h6-13,17,23H,1-5H2,(H2,21,22,24). The Balaban J connectivity index is 1.59. The van der Waals surface area contributed by atoms with Crippen molar-refractivity contribution in [2.75, 3.05) is 10.6 Å². The molecule has 0 spiro atoms. The van der Waals surface area contributed by atoms with Crippen molar-refractivity contribution in [3.8, 4) is 0 Å². The SMILES string of the molecule is O=C(Nc1ccc(Cl)cc1)Nc1ccc(S(=O)(=O)NC2CCCCC2)cc1. The van der Waals surface area contributed by atoms with Gasteiger partial charge in [-0.25, -0.2) is 17.9 Å². The van der Waals surface area contributed by atoms with Gasteiger partial charge in [0.25, 0.3) is 0 Å². The smallest absolute Gasteiger partial charge is 0.308 e. The van der Waals surface area contributed by atoms with Crippen LogP contribution in [0, 0.1) is 0 Å². The molecule has 3 rings (SSSR count). The summed E-state index contributed by atoms with van der Waals surface area (Å²) in [6.07, 6.45) is 5.03. The lowest BCUT2D eigenvalue weighted by Crippen LogP contribution is -2.36. The molecule has 8 heteroatoms. The molecule has 3 N–H and O–H groups in total. The van der Waals surface area contributed by atoms with Crippen LogP contribution in [0.2, 0.25) is 5.02 Å². The van der Waals surface area contributed by atoms with E-state index in [-0.39, 0.29) is 10.9 Å². The number of carbonyl (C=O) groups is 1. The van der Waals surface area contributed by atoms with Gasteiger partial charge in [-0.05, 0) is 61.4 Å². The molecular formula is C19H22ClN3O3S. The van der Waals surface area contributed by atoms with Gasteiger partial charge in [0, 0.05) is 22.4 Å². The molecule has 0 saturated heterocycles. The van der Waals surface area contributed by atoms with Gasteiger partial charge in [-0.1, -0.05) is 30.9 Å². The zero-order chi connectivity index (χ0) is 19.3. The minimum absolute atomic E-state index is 0.00621. The Labute approximate surface area is 164 Å². The predicted molar refractivity (Wildman–Crippen MR) is 108 cm³/mol. The molecule has 1 aliphatic carbocycles. The molecule has 6 nitrogen and oxygen atoms in total. The number of benzene rings is 2. The maximum atomic E-state index is 12.5. The summed E-state index contributed by atoms with van der Waals surface area (Å²) >= 11 is 5.81. The number of anilines is 2. The van der Waals surface area contributed by atoms with Crippen molar-refractivity contribution in [2.45, 2.75) is 43.0 Å². The molecule has 0 unspecified atom stereocenters. The number of sulfonamides is 1.